The lowest BCUT2D eigenvalue weighted by atomic mass is 10.0. The summed E-state index contributed by atoms with van der Waals surface area (Å²) in [5, 5.41) is 2.05. The van der Waals surface area contributed by atoms with Gasteiger partial charge in [0.15, 0.2) is 6.21 Å². The van der Waals surface area contributed by atoms with Gasteiger partial charge in [-0.1, -0.05) is 6.42 Å². The molecule has 4 aromatic rings. The maximum atomic E-state index is 5.84. The summed E-state index contributed by atoms with van der Waals surface area (Å²) in [5.41, 5.74) is 12.2. The third-order valence-corrected chi connectivity index (χ3v) is 6.88. The summed E-state index contributed by atoms with van der Waals surface area (Å²) in [6.07, 6.45) is 10.9. The van der Waals surface area contributed by atoms with Gasteiger partial charge in [0.25, 0.3) is 0 Å². The van der Waals surface area contributed by atoms with E-state index in [0.29, 0.717) is 0 Å². The number of nitrogens with two attached hydrogens (primary N) is 1. The maximum absolute atomic E-state index is 5.84. The zero-order chi connectivity index (χ0) is 25.1. The first-order valence-electron chi connectivity index (χ1n) is 12.3. The molecule has 0 unspecified atom stereocenters. The second-order valence-corrected chi connectivity index (χ2v) is 9.11. The van der Waals surface area contributed by atoms with Crippen molar-refractivity contribution in [2.75, 3.05) is 34.4 Å². The van der Waals surface area contributed by atoms with Crippen LogP contribution in [0.2, 0.25) is 0 Å². The van der Waals surface area contributed by atoms with Crippen molar-refractivity contribution in [1.29, 1.82) is 0 Å². The summed E-state index contributed by atoms with van der Waals surface area (Å²) in [6, 6.07) is 8.36. The first kappa shape index (κ1) is 23.8. The number of nitrogens with zero attached hydrogens (tertiary/aromatic N) is 3. The van der Waals surface area contributed by atoms with Gasteiger partial charge in [0.1, 0.15) is 24.2 Å². The second-order valence-electron chi connectivity index (χ2n) is 9.11. The molecule has 0 amide bonds. The third-order valence-electron chi connectivity index (χ3n) is 6.88. The molecule has 36 heavy (non-hydrogen) atoms. The Kier molecular flexibility index (Phi) is 6.86. The molecule has 1 aromatic carbocycles. The minimum atomic E-state index is 0.788. The summed E-state index contributed by atoms with van der Waals surface area (Å²) in [6.45, 7) is 3.04. The molecule has 4 N–H and O–H groups in total. The van der Waals surface area contributed by atoms with E-state index in [-0.39, 0.29) is 0 Å². The van der Waals surface area contributed by atoms with Crippen molar-refractivity contribution in [2.45, 2.75) is 25.8 Å². The fourth-order valence-corrected chi connectivity index (χ4v) is 5.00. The van der Waals surface area contributed by atoms with Crippen LogP contribution in [0.1, 0.15) is 30.5 Å². The van der Waals surface area contributed by atoms with Crippen LogP contribution in [0.15, 0.2) is 42.9 Å². The number of hydrogen-bond acceptors (Lipinski definition) is 6. The number of pyridine rings is 2. The van der Waals surface area contributed by atoms with Gasteiger partial charge in [0.05, 0.1) is 42.8 Å². The Morgan fingerprint density at radius 2 is 1.75 bits per heavy atom. The van der Waals surface area contributed by atoms with Crippen LogP contribution in [-0.2, 0) is 6.54 Å². The normalized spacial score (nSPS) is 15.2. The Bertz CT molecular complexity index is 1420. The van der Waals surface area contributed by atoms with Crippen LogP contribution in [0.4, 0.5) is 0 Å². The summed E-state index contributed by atoms with van der Waals surface area (Å²) in [4.78, 5) is 18.1. The number of nitrogens with one attached hydrogen (secondary N) is 2. The van der Waals surface area contributed by atoms with Crippen molar-refractivity contribution in [3.05, 3.63) is 54.1 Å². The Labute approximate surface area is 210 Å². The van der Waals surface area contributed by atoms with Crippen molar-refractivity contribution >= 4 is 33.7 Å². The number of aromatic nitrogens is 3. The number of aromatic amines is 1. The van der Waals surface area contributed by atoms with Crippen LogP contribution in [0.25, 0.3) is 38.6 Å². The number of likely N-dealkylation sites (tertiary alicyclic amines) is 1. The molecule has 0 aliphatic carbocycles. The van der Waals surface area contributed by atoms with Gasteiger partial charge in [0.2, 0.25) is 0 Å². The molecule has 1 aliphatic rings. The molecule has 186 valence electrons. The number of hydrogen-bond donors (Lipinski definition) is 3. The summed E-state index contributed by atoms with van der Waals surface area (Å²) < 4.78 is 11.7. The van der Waals surface area contributed by atoms with E-state index in [1.807, 2.05) is 31.7 Å². The number of allylic oxidation sites excluding steroid dienone is 1. The van der Waals surface area contributed by atoms with E-state index in [4.69, 9.17) is 20.2 Å². The van der Waals surface area contributed by atoms with Crippen LogP contribution < -0.4 is 20.2 Å². The number of benzene rings is 1. The predicted octanol–water partition coefficient (Wildman–Crippen LogP) is 2.86. The standard InChI is InChI=1S/C28H32N6O2/c1-30-14-20(13-29)24-12-21-22-9-19(15-32-28(22)33-25(21)16-31-24)18-10-26(35-2)23(27(11-18)36-3)17-34-7-5-4-6-8-34/h9-16H,4-8,17,29H2,1-3H3,(H,32,33)/p+1. The minimum absolute atomic E-state index is 0.788. The number of ether oxygens (including phenoxy) is 2. The molecule has 0 radical (unpaired) electrons. The minimum Gasteiger partial charge on any atom is -0.496 e. The summed E-state index contributed by atoms with van der Waals surface area (Å²) in [7, 11) is 5.28. The number of H-pyrrole nitrogens is 1. The molecule has 5 rings (SSSR count). The van der Waals surface area contributed by atoms with Gasteiger partial charge in [-0.3, -0.25) is 14.9 Å². The number of methoxy groups -OCH3 is 2. The van der Waals surface area contributed by atoms with E-state index in [0.717, 1.165) is 81.0 Å². The van der Waals surface area contributed by atoms with Gasteiger partial charge in [-0.2, -0.15) is 0 Å². The Balaban J connectivity index is 1.58. The Hall–Kier alpha value is -3.91. The summed E-state index contributed by atoms with van der Waals surface area (Å²) in [5.74, 6) is 1.67. The lowest BCUT2D eigenvalue weighted by Gasteiger charge is -2.28. The van der Waals surface area contributed by atoms with Crippen LogP contribution in [-0.4, -0.2) is 60.4 Å². The molecule has 8 nitrogen and oxygen atoms in total. The van der Waals surface area contributed by atoms with Crippen molar-refractivity contribution in [1.82, 2.24) is 19.9 Å². The molecule has 0 saturated carbocycles. The van der Waals surface area contributed by atoms with Crippen LogP contribution >= 0.6 is 0 Å². The molecule has 3 aromatic heterocycles. The highest BCUT2D eigenvalue weighted by Gasteiger charge is 2.19. The summed E-state index contributed by atoms with van der Waals surface area (Å²) >= 11 is 0. The lowest BCUT2D eigenvalue weighted by molar-refractivity contribution is -0.412. The third kappa shape index (κ3) is 4.52. The fourth-order valence-electron chi connectivity index (χ4n) is 5.00. The molecule has 0 spiro atoms. The largest absolute Gasteiger partial charge is 0.496 e. The Morgan fingerprint density at radius 1 is 1.00 bits per heavy atom. The number of fused-ring (bicyclic) bond motifs is 3. The van der Waals surface area contributed by atoms with E-state index in [2.05, 4.69) is 38.1 Å². The van der Waals surface area contributed by atoms with Gasteiger partial charge in [-0.25, -0.2) is 4.98 Å². The van der Waals surface area contributed by atoms with E-state index >= 15 is 0 Å². The monoisotopic (exact) mass is 485 g/mol. The number of rotatable bonds is 7. The predicted molar refractivity (Wildman–Crippen MR) is 144 cm³/mol. The highest BCUT2D eigenvalue weighted by atomic mass is 16.5. The van der Waals surface area contributed by atoms with Crippen LogP contribution in [0.5, 0.6) is 11.5 Å². The van der Waals surface area contributed by atoms with Crippen molar-refractivity contribution < 1.29 is 14.5 Å². The maximum Gasteiger partial charge on any atom is 0.172 e. The van der Waals surface area contributed by atoms with Gasteiger partial charge >= 0.3 is 0 Å². The average Bonchev–Trinajstić information content (AvgIpc) is 3.29. The topological polar surface area (TPSA) is 103 Å². The molecule has 1 aliphatic heterocycles. The van der Waals surface area contributed by atoms with E-state index in [1.54, 1.807) is 20.4 Å². The first-order valence-corrected chi connectivity index (χ1v) is 12.3. The highest BCUT2D eigenvalue weighted by molar-refractivity contribution is 6.11. The van der Waals surface area contributed by atoms with Gasteiger partial charge in [-0.15, -0.1) is 0 Å². The van der Waals surface area contributed by atoms with Gasteiger partial charge in [-0.05, 0) is 55.8 Å². The molecular formula is C28H33N6O2+. The zero-order valence-corrected chi connectivity index (χ0v) is 21.1. The van der Waals surface area contributed by atoms with Crippen molar-refractivity contribution in [2.24, 2.45) is 5.73 Å². The zero-order valence-electron chi connectivity index (χ0n) is 21.1. The second kappa shape index (κ2) is 10.4. The van der Waals surface area contributed by atoms with Crippen LogP contribution in [0.3, 0.4) is 0 Å². The van der Waals surface area contributed by atoms with E-state index in [1.165, 1.54) is 19.3 Å². The van der Waals surface area contributed by atoms with Gasteiger partial charge in [0, 0.05) is 35.3 Å². The first-order chi connectivity index (χ1) is 17.6. The highest BCUT2D eigenvalue weighted by Crippen LogP contribution is 2.37. The average molecular weight is 486 g/mol. The SMILES string of the molecule is C[NH+]=CC(=CN)c1cc2c(cn1)[nH]c1ncc(-c3cc(OC)c(CN4CCCCC4)c(OC)c3)cc12. The smallest absolute Gasteiger partial charge is 0.172 e. The Morgan fingerprint density at radius 3 is 2.42 bits per heavy atom. The molecule has 0 atom stereocenters. The molecule has 8 heteroatoms. The van der Waals surface area contributed by atoms with Crippen LogP contribution in [0, 0.1) is 0 Å². The van der Waals surface area contributed by atoms with E-state index in [9.17, 15) is 0 Å². The van der Waals surface area contributed by atoms with Crippen molar-refractivity contribution in [3.63, 3.8) is 0 Å². The molecule has 0 bridgehead atoms. The van der Waals surface area contributed by atoms with Gasteiger partial charge < -0.3 is 20.2 Å². The van der Waals surface area contributed by atoms with E-state index < -0.39 is 0 Å². The molecular weight excluding hydrogens is 452 g/mol. The lowest BCUT2D eigenvalue weighted by Crippen LogP contribution is -2.63. The molecule has 1 saturated heterocycles. The fraction of sp³-hybridized carbons (Fsp3) is 0.321. The van der Waals surface area contributed by atoms with Crippen molar-refractivity contribution in [3.8, 4) is 22.6 Å². The number of piperidine rings is 1. The molecule has 1 fully saturated rings. The molecule has 4 heterocycles. The quantitative estimate of drug-likeness (QED) is 0.348.